The SMILES string of the molecule is CCOc1ccccc1-n1c(C(C)N(CCc2ccccc2)C(=O)Nc2cccc(OC)c2)nc2ccccc2c1=O. The van der Waals surface area contributed by atoms with Crippen molar-refractivity contribution in [2.24, 2.45) is 0 Å². The van der Waals surface area contributed by atoms with Gasteiger partial charge >= 0.3 is 6.03 Å². The Morgan fingerprint density at radius 1 is 0.952 bits per heavy atom. The zero-order chi connectivity index (χ0) is 29.5. The van der Waals surface area contributed by atoms with Crippen LogP contribution in [0.4, 0.5) is 10.5 Å². The van der Waals surface area contributed by atoms with Crippen molar-refractivity contribution in [1.29, 1.82) is 0 Å². The van der Waals surface area contributed by atoms with Crippen LogP contribution in [0.25, 0.3) is 16.6 Å². The van der Waals surface area contributed by atoms with Crippen LogP contribution in [-0.2, 0) is 6.42 Å². The fourth-order valence-electron chi connectivity index (χ4n) is 4.98. The Morgan fingerprint density at radius 3 is 2.48 bits per heavy atom. The summed E-state index contributed by atoms with van der Waals surface area (Å²) in [4.78, 5) is 34.7. The molecule has 0 aliphatic rings. The second-order valence-electron chi connectivity index (χ2n) is 9.80. The minimum atomic E-state index is -0.591. The zero-order valence-corrected chi connectivity index (χ0v) is 24.0. The smallest absolute Gasteiger partial charge is 0.322 e. The molecule has 5 rings (SSSR count). The van der Waals surface area contributed by atoms with Crippen molar-refractivity contribution in [2.75, 3.05) is 25.6 Å². The third-order valence-corrected chi connectivity index (χ3v) is 7.11. The summed E-state index contributed by atoms with van der Waals surface area (Å²) in [7, 11) is 1.58. The van der Waals surface area contributed by atoms with Gasteiger partial charge in [0.2, 0.25) is 0 Å². The summed E-state index contributed by atoms with van der Waals surface area (Å²) in [5.41, 5.74) is 2.59. The topological polar surface area (TPSA) is 85.7 Å². The monoisotopic (exact) mass is 562 g/mol. The Morgan fingerprint density at radius 2 is 1.69 bits per heavy atom. The molecule has 0 saturated carbocycles. The number of hydrogen-bond donors (Lipinski definition) is 1. The van der Waals surface area contributed by atoms with E-state index < -0.39 is 6.04 Å². The van der Waals surface area contributed by atoms with Crippen molar-refractivity contribution in [3.8, 4) is 17.2 Å². The molecule has 8 heteroatoms. The average Bonchev–Trinajstić information content (AvgIpc) is 3.02. The van der Waals surface area contributed by atoms with E-state index in [1.807, 2.05) is 105 Å². The van der Waals surface area contributed by atoms with Crippen molar-refractivity contribution < 1.29 is 14.3 Å². The van der Waals surface area contributed by atoms with E-state index in [2.05, 4.69) is 5.32 Å². The fourth-order valence-corrected chi connectivity index (χ4v) is 4.98. The number of amides is 2. The summed E-state index contributed by atoms with van der Waals surface area (Å²) in [6, 6.07) is 30.9. The third kappa shape index (κ3) is 6.12. The van der Waals surface area contributed by atoms with Gasteiger partial charge in [0, 0.05) is 18.3 Å². The van der Waals surface area contributed by atoms with Gasteiger partial charge in [-0.15, -0.1) is 0 Å². The number of nitrogens with one attached hydrogen (secondary N) is 1. The first kappa shape index (κ1) is 28.4. The predicted molar refractivity (Wildman–Crippen MR) is 166 cm³/mol. The van der Waals surface area contributed by atoms with E-state index in [0.29, 0.717) is 59.2 Å². The molecule has 1 N–H and O–H groups in total. The van der Waals surface area contributed by atoms with Crippen LogP contribution in [0.2, 0.25) is 0 Å². The summed E-state index contributed by atoms with van der Waals surface area (Å²) < 4.78 is 12.8. The number of methoxy groups -OCH3 is 1. The summed E-state index contributed by atoms with van der Waals surface area (Å²) in [5, 5.41) is 3.50. The second-order valence-corrected chi connectivity index (χ2v) is 9.80. The minimum absolute atomic E-state index is 0.231. The van der Waals surface area contributed by atoms with Gasteiger partial charge in [0.15, 0.2) is 0 Å². The molecule has 214 valence electrons. The lowest BCUT2D eigenvalue weighted by molar-refractivity contribution is 0.190. The number of benzene rings is 4. The highest BCUT2D eigenvalue weighted by molar-refractivity contribution is 5.90. The molecular weight excluding hydrogens is 528 g/mol. The largest absolute Gasteiger partial charge is 0.497 e. The van der Waals surface area contributed by atoms with E-state index in [1.165, 1.54) is 0 Å². The molecule has 1 atom stereocenters. The number of ether oxygens (including phenoxy) is 2. The molecular formula is C34H34N4O4. The first-order chi connectivity index (χ1) is 20.5. The molecule has 42 heavy (non-hydrogen) atoms. The van der Waals surface area contributed by atoms with Crippen LogP contribution < -0.4 is 20.3 Å². The third-order valence-electron chi connectivity index (χ3n) is 7.11. The number of carbonyl (C=O) groups is 1. The lowest BCUT2D eigenvalue weighted by Gasteiger charge is -2.31. The average molecular weight is 563 g/mol. The molecule has 0 aliphatic heterocycles. The number of carbonyl (C=O) groups excluding carboxylic acids is 1. The van der Waals surface area contributed by atoms with E-state index in [4.69, 9.17) is 14.5 Å². The van der Waals surface area contributed by atoms with Crippen molar-refractivity contribution in [1.82, 2.24) is 14.5 Å². The van der Waals surface area contributed by atoms with Gasteiger partial charge in [0.25, 0.3) is 5.56 Å². The maximum atomic E-state index is 14.1. The van der Waals surface area contributed by atoms with E-state index in [1.54, 1.807) is 28.7 Å². The van der Waals surface area contributed by atoms with Crippen LogP contribution in [0.1, 0.15) is 31.3 Å². The normalized spacial score (nSPS) is 11.6. The van der Waals surface area contributed by atoms with Crippen molar-refractivity contribution >= 4 is 22.6 Å². The number of nitrogens with zero attached hydrogens (tertiary/aromatic N) is 3. The van der Waals surface area contributed by atoms with Gasteiger partial charge in [-0.2, -0.15) is 0 Å². The molecule has 0 radical (unpaired) electrons. The molecule has 0 saturated heterocycles. The maximum Gasteiger partial charge on any atom is 0.322 e. The van der Waals surface area contributed by atoms with Gasteiger partial charge in [-0.3, -0.25) is 9.36 Å². The number of anilines is 1. The Bertz CT molecular complexity index is 1740. The van der Waals surface area contributed by atoms with Crippen LogP contribution in [0.5, 0.6) is 11.5 Å². The maximum absolute atomic E-state index is 14.1. The molecule has 8 nitrogen and oxygen atoms in total. The van der Waals surface area contributed by atoms with Gasteiger partial charge in [-0.05, 0) is 62.2 Å². The minimum Gasteiger partial charge on any atom is -0.497 e. The van der Waals surface area contributed by atoms with E-state index in [9.17, 15) is 9.59 Å². The first-order valence-corrected chi connectivity index (χ1v) is 14.0. The number of aromatic nitrogens is 2. The number of rotatable bonds is 10. The number of hydrogen-bond acceptors (Lipinski definition) is 5. The molecule has 0 bridgehead atoms. The quantitative estimate of drug-likeness (QED) is 0.207. The lowest BCUT2D eigenvalue weighted by atomic mass is 10.1. The Labute approximate surface area is 245 Å². The van der Waals surface area contributed by atoms with Crippen LogP contribution in [0, 0.1) is 0 Å². The van der Waals surface area contributed by atoms with Gasteiger partial charge in [-0.1, -0.05) is 60.7 Å². The number of fused-ring (bicyclic) bond motifs is 1. The van der Waals surface area contributed by atoms with Gasteiger partial charge in [0.1, 0.15) is 17.3 Å². The zero-order valence-electron chi connectivity index (χ0n) is 24.0. The van der Waals surface area contributed by atoms with Crippen molar-refractivity contribution in [3.05, 3.63) is 125 Å². The lowest BCUT2D eigenvalue weighted by Crippen LogP contribution is -2.41. The van der Waals surface area contributed by atoms with E-state index in [0.717, 1.165) is 5.56 Å². The highest BCUT2D eigenvalue weighted by Gasteiger charge is 2.28. The molecule has 5 aromatic rings. The standard InChI is InChI=1S/C34H34N4O4/c1-4-42-31-20-11-10-19-30(31)38-32(36-29-18-9-8-17-28(29)33(38)39)24(2)37(22-21-25-13-6-5-7-14-25)34(40)35-26-15-12-16-27(23-26)41-3/h5-20,23-24H,4,21-22H2,1-3H3,(H,35,40). The number of urea groups is 1. The molecule has 0 aliphatic carbocycles. The van der Waals surface area contributed by atoms with Crippen LogP contribution in [0.15, 0.2) is 108 Å². The molecule has 0 spiro atoms. The van der Waals surface area contributed by atoms with Gasteiger partial charge in [0.05, 0.1) is 36.3 Å². The molecule has 4 aromatic carbocycles. The summed E-state index contributed by atoms with van der Waals surface area (Å²) in [5.74, 6) is 1.62. The van der Waals surface area contributed by atoms with Crippen LogP contribution in [0.3, 0.4) is 0 Å². The van der Waals surface area contributed by atoms with Crippen molar-refractivity contribution in [2.45, 2.75) is 26.3 Å². The molecule has 1 unspecified atom stereocenters. The molecule has 1 heterocycles. The number of para-hydroxylation sites is 3. The van der Waals surface area contributed by atoms with Crippen LogP contribution >= 0.6 is 0 Å². The molecule has 1 aromatic heterocycles. The van der Waals surface area contributed by atoms with Gasteiger partial charge < -0.3 is 19.7 Å². The summed E-state index contributed by atoms with van der Waals surface area (Å²) >= 11 is 0. The van der Waals surface area contributed by atoms with Gasteiger partial charge in [-0.25, -0.2) is 9.78 Å². The van der Waals surface area contributed by atoms with E-state index >= 15 is 0 Å². The highest BCUT2D eigenvalue weighted by atomic mass is 16.5. The fraction of sp³-hybridized carbons (Fsp3) is 0.206. The first-order valence-electron chi connectivity index (χ1n) is 14.0. The Hall–Kier alpha value is -5.11. The summed E-state index contributed by atoms with van der Waals surface area (Å²) in [6.07, 6.45) is 0.615. The highest BCUT2D eigenvalue weighted by Crippen LogP contribution is 2.29. The van der Waals surface area contributed by atoms with Crippen LogP contribution in [-0.4, -0.2) is 40.7 Å². The Balaban J connectivity index is 1.62. The molecule has 2 amide bonds. The van der Waals surface area contributed by atoms with Crippen molar-refractivity contribution in [3.63, 3.8) is 0 Å². The van der Waals surface area contributed by atoms with E-state index in [-0.39, 0.29) is 11.6 Å². The predicted octanol–water partition coefficient (Wildman–Crippen LogP) is 6.63. The second kappa shape index (κ2) is 13.0. The Kier molecular flexibility index (Phi) is 8.82. The molecule has 0 fully saturated rings. The summed E-state index contributed by atoms with van der Waals surface area (Å²) in [6.45, 7) is 4.61.